The third-order valence-corrected chi connectivity index (χ3v) is 3.62. The van der Waals surface area contributed by atoms with Crippen molar-refractivity contribution in [3.63, 3.8) is 0 Å². The first-order valence-electron chi connectivity index (χ1n) is 9.07. The largest absolute Gasteiger partial charge is 0.480 e. The van der Waals surface area contributed by atoms with Gasteiger partial charge in [0.05, 0.1) is 0 Å². The summed E-state index contributed by atoms with van der Waals surface area (Å²) < 4.78 is 0. The van der Waals surface area contributed by atoms with Crippen LogP contribution in [0.5, 0.6) is 0 Å². The molecule has 0 aromatic heterocycles. The van der Waals surface area contributed by atoms with Crippen LogP contribution in [-0.4, -0.2) is 51.4 Å². The van der Waals surface area contributed by atoms with E-state index in [1.807, 2.05) is 60.7 Å². The molecule has 0 radical (unpaired) electrons. The maximum Gasteiger partial charge on any atom is 0.320 e. The van der Waals surface area contributed by atoms with Crippen molar-refractivity contribution in [1.29, 1.82) is 0 Å². The van der Waals surface area contributed by atoms with Crippen LogP contribution in [0.4, 0.5) is 0 Å². The monoisotopic (exact) mass is 419 g/mol. The molecular formula is C21H29N3O6. The van der Waals surface area contributed by atoms with Gasteiger partial charge >= 0.3 is 17.9 Å². The number of hydrogen-bond donors (Lipinski definition) is 6. The molecule has 30 heavy (non-hydrogen) atoms. The Bertz CT molecular complexity index is 711. The fourth-order valence-electron chi connectivity index (χ4n) is 1.91. The number of carboxylic acid groups (broad SMARTS) is 3. The Hall–Kier alpha value is -3.27. The van der Waals surface area contributed by atoms with Crippen LogP contribution in [0.2, 0.25) is 0 Å². The van der Waals surface area contributed by atoms with Crippen LogP contribution < -0.4 is 17.2 Å². The topological polar surface area (TPSA) is 190 Å². The van der Waals surface area contributed by atoms with Gasteiger partial charge in [0.2, 0.25) is 0 Å². The fourth-order valence-corrected chi connectivity index (χ4v) is 1.91. The van der Waals surface area contributed by atoms with Crippen molar-refractivity contribution in [1.82, 2.24) is 0 Å². The second-order valence-electron chi connectivity index (χ2n) is 6.40. The van der Waals surface area contributed by atoms with Crippen molar-refractivity contribution < 1.29 is 29.7 Å². The molecule has 164 valence electrons. The van der Waals surface area contributed by atoms with E-state index in [0.717, 1.165) is 11.1 Å². The second-order valence-corrected chi connectivity index (χ2v) is 6.40. The summed E-state index contributed by atoms with van der Waals surface area (Å²) in [7, 11) is 0. The minimum atomic E-state index is -0.963. The first-order chi connectivity index (χ1) is 14.0. The van der Waals surface area contributed by atoms with E-state index in [4.69, 9.17) is 32.5 Å². The van der Waals surface area contributed by atoms with E-state index in [0.29, 0.717) is 12.8 Å². The maximum absolute atomic E-state index is 10.4. The van der Waals surface area contributed by atoms with Crippen LogP contribution in [-0.2, 0) is 27.2 Å². The first kappa shape index (κ1) is 26.7. The van der Waals surface area contributed by atoms with Crippen LogP contribution >= 0.6 is 0 Å². The average Bonchev–Trinajstić information content (AvgIpc) is 2.70. The van der Waals surface area contributed by atoms with Crippen molar-refractivity contribution in [2.75, 3.05) is 0 Å². The maximum atomic E-state index is 10.4. The van der Waals surface area contributed by atoms with Crippen LogP contribution in [0.15, 0.2) is 60.7 Å². The summed E-state index contributed by atoms with van der Waals surface area (Å²) in [6.07, 6.45) is 0.770. The molecule has 3 atom stereocenters. The zero-order valence-corrected chi connectivity index (χ0v) is 16.7. The molecule has 0 heterocycles. The van der Waals surface area contributed by atoms with Gasteiger partial charge in [0.15, 0.2) is 0 Å². The van der Waals surface area contributed by atoms with E-state index in [1.165, 1.54) is 6.92 Å². The molecule has 0 spiro atoms. The summed E-state index contributed by atoms with van der Waals surface area (Å²) in [6.45, 7) is 1.42. The highest BCUT2D eigenvalue weighted by atomic mass is 16.4. The summed E-state index contributed by atoms with van der Waals surface area (Å²) in [5.74, 6) is -2.88. The van der Waals surface area contributed by atoms with E-state index < -0.39 is 36.0 Å². The number of benzene rings is 2. The Morgan fingerprint density at radius 1 is 0.667 bits per heavy atom. The molecule has 0 aliphatic rings. The molecule has 0 saturated carbocycles. The summed E-state index contributed by atoms with van der Waals surface area (Å²) in [5.41, 5.74) is 17.4. The van der Waals surface area contributed by atoms with E-state index in [1.54, 1.807) is 0 Å². The molecule has 0 fully saturated rings. The third-order valence-electron chi connectivity index (χ3n) is 3.62. The lowest BCUT2D eigenvalue weighted by molar-refractivity contribution is -0.139. The molecule has 0 aliphatic heterocycles. The number of rotatable bonds is 7. The minimum Gasteiger partial charge on any atom is -0.480 e. The predicted octanol–water partition coefficient (Wildman–Crippen LogP) is 0.700. The Kier molecular flexibility index (Phi) is 13.1. The van der Waals surface area contributed by atoms with Gasteiger partial charge in [0, 0.05) is 0 Å². The molecule has 2 aromatic carbocycles. The van der Waals surface area contributed by atoms with Gasteiger partial charge in [0.1, 0.15) is 18.1 Å². The fraction of sp³-hybridized carbons (Fsp3) is 0.286. The highest BCUT2D eigenvalue weighted by Gasteiger charge is 2.11. The van der Waals surface area contributed by atoms with Crippen LogP contribution in [0.25, 0.3) is 0 Å². The van der Waals surface area contributed by atoms with E-state index in [-0.39, 0.29) is 0 Å². The normalized spacial score (nSPS) is 12.7. The first-order valence-corrected chi connectivity index (χ1v) is 9.07. The number of carbonyl (C=O) groups is 3. The van der Waals surface area contributed by atoms with Crippen molar-refractivity contribution >= 4 is 17.9 Å². The lowest BCUT2D eigenvalue weighted by atomic mass is 10.1. The van der Waals surface area contributed by atoms with Crippen molar-refractivity contribution in [2.24, 2.45) is 17.2 Å². The van der Waals surface area contributed by atoms with Gasteiger partial charge in [-0.2, -0.15) is 0 Å². The molecule has 0 amide bonds. The summed E-state index contributed by atoms with van der Waals surface area (Å²) in [5, 5.41) is 24.9. The molecular weight excluding hydrogens is 390 g/mol. The SMILES string of the molecule is C[C@H](N)C(=O)O.N[C@@H](Cc1ccccc1)C(=O)O.N[C@@H](Cc1ccccc1)C(=O)O. The van der Waals surface area contributed by atoms with Gasteiger partial charge in [-0.25, -0.2) is 0 Å². The Morgan fingerprint density at radius 3 is 1.13 bits per heavy atom. The van der Waals surface area contributed by atoms with Gasteiger partial charge in [-0.3, -0.25) is 14.4 Å². The highest BCUT2D eigenvalue weighted by molar-refractivity contribution is 5.74. The van der Waals surface area contributed by atoms with E-state index >= 15 is 0 Å². The zero-order valence-electron chi connectivity index (χ0n) is 16.7. The lowest BCUT2D eigenvalue weighted by Gasteiger charge is -2.04. The number of nitrogens with two attached hydrogens (primary N) is 3. The molecule has 2 aromatic rings. The summed E-state index contributed by atoms with van der Waals surface area (Å²) in [6, 6.07) is 16.4. The van der Waals surface area contributed by atoms with Gasteiger partial charge < -0.3 is 32.5 Å². The summed E-state index contributed by atoms with van der Waals surface area (Å²) in [4.78, 5) is 30.3. The second kappa shape index (κ2) is 14.7. The van der Waals surface area contributed by atoms with Gasteiger partial charge in [-0.15, -0.1) is 0 Å². The smallest absolute Gasteiger partial charge is 0.320 e. The Labute approximate surface area is 175 Å². The van der Waals surface area contributed by atoms with Gasteiger partial charge in [0.25, 0.3) is 0 Å². The van der Waals surface area contributed by atoms with Crippen molar-refractivity contribution in [3.05, 3.63) is 71.8 Å². The lowest BCUT2D eigenvalue weighted by Crippen LogP contribution is -2.32. The minimum absolute atomic E-state index is 0.385. The predicted molar refractivity (Wildman–Crippen MR) is 113 cm³/mol. The van der Waals surface area contributed by atoms with Crippen LogP contribution in [0, 0.1) is 0 Å². The van der Waals surface area contributed by atoms with Crippen LogP contribution in [0.3, 0.4) is 0 Å². The molecule has 0 aliphatic carbocycles. The number of carboxylic acids is 3. The zero-order chi connectivity index (χ0) is 23.1. The Balaban J connectivity index is 0.000000447. The standard InChI is InChI=1S/2C9H11NO2.C3H7NO2/c2*10-8(9(11)12)6-7-4-2-1-3-5-7;1-2(4)3(5)6/h2*1-5,8H,6,10H2,(H,11,12);2H,4H2,1H3,(H,5,6)/t2*8-;2-/m000/s1. The summed E-state index contributed by atoms with van der Waals surface area (Å²) >= 11 is 0. The molecule has 0 saturated heterocycles. The molecule has 9 heteroatoms. The quantitative estimate of drug-likeness (QED) is 0.375. The molecule has 0 bridgehead atoms. The van der Waals surface area contributed by atoms with E-state index in [9.17, 15) is 14.4 Å². The van der Waals surface area contributed by atoms with Gasteiger partial charge in [-0.05, 0) is 30.9 Å². The average molecular weight is 419 g/mol. The molecule has 9 N–H and O–H groups in total. The molecule has 2 rings (SSSR count). The van der Waals surface area contributed by atoms with Crippen LogP contribution in [0.1, 0.15) is 18.1 Å². The van der Waals surface area contributed by atoms with Crippen molar-refractivity contribution in [2.45, 2.75) is 37.9 Å². The highest BCUT2D eigenvalue weighted by Crippen LogP contribution is 2.02. The molecule has 0 unspecified atom stereocenters. The number of aliphatic carboxylic acids is 3. The van der Waals surface area contributed by atoms with Gasteiger partial charge in [-0.1, -0.05) is 60.7 Å². The van der Waals surface area contributed by atoms with E-state index in [2.05, 4.69) is 0 Å². The Morgan fingerprint density at radius 2 is 0.933 bits per heavy atom. The third kappa shape index (κ3) is 13.0. The van der Waals surface area contributed by atoms with Crippen molar-refractivity contribution in [3.8, 4) is 0 Å². The number of hydrogen-bond acceptors (Lipinski definition) is 6. The molecule has 9 nitrogen and oxygen atoms in total.